The van der Waals surface area contributed by atoms with Crippen LogP contribution in [0.3, 0.4) is 0 Å². The molecule has 6 aromatic carbocycles. The molecule has 0 amide bonds. The van der Waals surface area contributed by atoms with Crippen molar-refractivity contribution in [2.75, 3.05) is 61.5 Å². The zero-order chi connectivity index (χ0) is 39.7. The molecule has 0 saturated carbocycles. The average molecular weight is 759 g/mol. The molecule has 1 aliphatic carbocycles. The van der Waals surface area contributed by atoms with Crippen LogP contribution in [-0.4, -0.2) is 51.5 Å². The minimum Gasteiger partial charge on any atom is -0.457 e. The third-order valence-corrected chi connectivity index (χ3v) is 13.0. The number of rotatable bonds is 5. The van der Waals surface area contributed by atoms with Crippen molar-refractivity contribution in [3.05, 3.63) is 173 Å². The number of anilines is 5. The first-order chi connectivity index (χ1) is 28.1. The number of pyridine rings is 1. The van der Waals surface area contributed by atoms with Crippen molar-refractivity contribution in [1.29, 1.82) is 0 Å². The fourth-order valence-corrected chi connectivity index (χ4v) is 10.6. The van der Waals surface area contributed by atoms with Crippen LogP contribution in [0.15, 0.2) is 140 Å². The maximum Gasteiger partial charge on any atom is 0.137 e. The number of fused-ring (bicyclic) bond motifs is 11. The lowest BCUT2D eigenvalue weighted by Crippen LogP contribution is -2.47. The van der Waals surface area contributed by atoms with E-state index in [4.69, 9.17) is 9.72 Å². The van der Waals surface area contributed by atoms with E-state index in [-0.39, 0.29) is 5.41 Å². The molecule has 0 radical (unpaired) electrons. The number of aromatic nitrogens is 2. The molecule has 0 N–H and O–H groups in total. The summed E-state index contributed by atoms with van der Waals surface area (Å²) in [4.78, 5) is 14.3. The van der Waals surface area contributed by atoms with Gasteiger partial charge in [-0.1, -0.05) is 80.6 Å². The average Bonchev–Trinajstić information content (AvgIpc) is 3.75. The summed E-state index contributed by atoms with van der Waals surface area (Å²) in [6.45, 7) is 5.54. The molecular formula is C51H46N6O. The molecule has 7 heteroatoms. The van der Waals surface area contributed by atoms with E-state index in [1.165, 1.54) is 61.5 Å². The number of hydrogen-bond acceptors (Lipinski definition) is 6. The van der Waals surface area contributed by atoms with Gasteiger partial charge < -0.3 is 24.3 Å². The van der Waals surface area contributed by atoms with Gasteiger partial charge in [-0.05, 0) is 88.0 Å². The second kappa shape index (κ2) is 12.1. The molecule has 0 bridgehead atoms. The molecule has 0 saturated heterocycles. The molecule has 0 atom stereocenters. The van der Waals surface area contributed by atoms with Crippen molar-refractivity contribution >= 4 is 50.2 Å². The lowest BCUT2D eigenvalue weighted by Gasteiger charge is -2.53. The monoisotopic (exact) mass is 758 g/mol. The van der Waals surface area contributed by atoms with Crippen molar-refractivity contribution in [2.24, 2.45) is 0 Å². The lowest BCUT2D eigenvalue weighted by atomic mass is 9.52. The van der Waals surface area contributed by atoms with Gasteiger partial charge in [-0.25, -0.2) is 4.98 Å². The Bertz CT molecular complexity index is 2920. The summed E-state index contributed by atoms with van der Waals surface area (Å²) >= 11 is 0. The van der Waals surface area contributed by atoms with E-state index in [0.717, 1.165) is 46.1 Å². The van der Waals surface area contributed by atoms with Crippen LogP contribution in [0.4, 0.5) is 28.4 Å². The fraction of sp³-hybridized carbons (Fsp3) is 0.196. The smallest absolute Gasteiger partial charge is 0.137 e. The quantitative estimate of drug-likeness (QED) is 0.174. The van der Waals surface area contributed by atoms with Crippen molar-refractivity contribution < 1.29 is 4.74 Å². The Morgan fingerprint density at radius 3 is 1.93 bits per heavy atom. The molecule has 8 aromatic rings. The van der Waals surface area contributed by atoms with Gasteiger partial charge in [0.25, 0.3) is 0 Å². The van der Waals surface area contributed by atoms with Gasteiger partial charge in [0, 0.05) is 81.1 Å². The van der Waals surface area contributed by atoms with Gasteiger partial charge in [0.1, 0.15) is 17.3 Å². The van der Waals surface area contributed by atoms with Gasteiger partial charge in [-0.15, -0.1) is 0 Å². The lowest BCUT2D eigenvalue weighted by molar-refractivity contribution is 0.482. The summed E-state index contributed by atoms with van der Waals surface area (Å²) in [7, 11) is 10.9. The Morgan fingerprint density at radius 1 is 0.586 bits per heavy atom. The zero-order valence-corrected chi connectivity index (χ0v) is 34.1. The van der Waals surface area contributed by atoms with E-state index in [0.29, 0.717) is 0 Å². The summed E-state index contributed by atoms with van der Waals surface area (Å²) in [6.07, 6.45) is 1.85. The minimum absolute atomic E-state index is 0.251. The molecule has 7 nitrogen and oxygen atoms in total. The summed E-state index contributed by atoms with van der Waals surface area (Å²) < 4.78 is 9.18. The van der Waals surface area contributed by atoms with E-state index < -0.39 is 5.41 Å². The van der Waals surface area contributed by atoms with Gasteiger partial charge in [0.05, 0.1) is 40.2 Å². The van der Waals surface area contributed by atoms with Crippen molar-refractivity contribution in [3.8, 4) is 17.3 Å². The molecule has 0 fully saturated rings. The first-order valence-electron chi connectivity index (χ1n) is 20.1. The van der Waals surface area contributed by atoms with Crippen LogP contribution >= 0.6 is 0 Å². The first kappa shape index (κ1) is 34.5. The molecule has 3 aliphatic rings. The van der Waals surface area contributed by atoms with Gasteiger partial charge in [-0.2, -0.15) is 0 Å². The highest BCUT2D eigenvalue weighted by molar-refractivity contribution is 6.09. The first-order valence-corrected chi connectivity index (χ1v) is 20.1. The standard InChI is InChI=1S/C51H46N6O/c1-50(2)37-16-12-20-41(53(3)4)47(37)51(48-38(50)17-13-21-42(48)54(5)6)36-27-25-33(30-45(36)56-31-55(7)43-22-14-18-39(51)49(43)56)58-32-24-26-35-34-15-8-9-19-40(34)57(44(35)29-32)46-23-10-11-28-52-46/h8-30H,31H2,1-7H3. The summed E-state index contributed by atoms with van der Waals surface area (Å²) in [5.41, 5.74) is 15.3. The van der Waals surface area contributed by atoms with Crippen molar-refractivity contribution in [3.63, 3.8) is 0 Å². The highest BCUT2D eigenvalue weighted by Gasteiger charge is 2.57. The van der Waals surface area contributed by atoms with Gasteiger partial charge in [0.15, 0.2) is 0 Å². The van der Waals surface area contributed by atoms with Crippen LogP contribution in [0.2, 0.25) is 0 Å². The summed E-state index contributed by atoms with van der Waals surface area (Å²) in [5, 5.41) is 2.35. The normalized spacial score (nSPS) is 15.3. The molecule has 0 unspecified atom stereocenters. The largest absolute Gasteiger partial charge is 0.457 e. The number of ether oxygens (including phenoxy) is 1. The predicted octanol–water partition coefficient (Wildman–Crippen LogP) is 11.0. The molecular weight excluding hydrogens is 713 g/mol. The fourth-order valence-electron chi connectivity index (χ4n) is 10.6. The molecule has 286 valence electrons. The zero-order valence-electron chi connectivity index (χ0n) is 34.1. The molecule has 2 aliphatic heterocycles. The van der Waals surface area contributed by atoms with Gasteiger partial charge in [-0.3, -0.25) is 4.57 Å². The van der Waals surface area contributed by atoms with Crippen molar-refractivity contribution in [1.82, 2.24) is 9.55 Å². The van der Waals surface area contributed by atoms with Crippen LogP contribution in [0, 0.1) is 0 Å². The number of para-hydroxylation sites is 2. The Kier molecular flexibility index (Phi) is 7.22. The molecule has 58 heavy (non-hydrogen) atoms. The van der Waals surface area contributed by atoms with E-state index in [1.807, 2.05) is 18.3 Å². The maximum absolute atomic E-state index is 6.95. The van der Waals surface area contributed by atoms with E-state index in [2.05, 4.69) is 195 Å². The Hall–Kier alpha value is -6.73. The highest BCUT2D eigenvalue weighted by Crippen LogP contribution is 2.67. The second-order valence-corrected chi connectivity index (χ2v) is 17.0. The highest BCUT2D eigenvalue weighted by atomic mass is 16.5. The SMILES string of the molecule is CN(C)c1cccc2c1C1(c3ccc(Oc4ccc5c6ccccc6n(-c6ccccn6)c5c4)cc3N3CN(C)c4cccc1c43)c1c(N(C)C)cccc1C2(C)C. The van der Waals surface area contributed by atoms with Crippen LogP contribution in [0.1, 0.15) is 47.2 Å². The third-order valence-electron chi connectivity index (χ3n) is 13.0. The van der Waals surface area contributed by atoms with Crippen LogP contribution in [0.5, 0.6) is 11.5 Å². The van der Waals surface area contributed by atoms with Crippen LogP contribution < -0.4 is 24.3 Å². The number of hydrogen-bond donors (Lipinski definition) is 0. The topological polar surface area (TPSA) is 40.0 Å². The Morgan fingerprint density at radius 2 is 1.22 bits per heavy atom. The van der Waals surface area contributed by atoms with Crippen molar-refractivity contribution in [2.45, 2.75) is 24.7 Å². The van der Waals surface area contributed by atoms with E-state index >= 15 is 0 Å². The van der Waals surface area contributed by atoms with Crippen LogP contribution in [-0.2, 0) is 10.8 Å². The van der Waals surface area contributed by atoms with Gasteiger partial charge >= 0.3 is 0 Å². The maximum atomic E-state index is 6.95. The molecule has 2 aromatic heterocycles. The summed E-state index contributed by atoms with van der Waals surface area (Å²) in [6, 6.07) is 48.6. The van der Waals surface area contributed by atoms with Crippen LogP contribution in [0.25, 0.3) is 27.6 Å². The van der Waals surface area contributed by atoms with Gasteiger partial charge in [0.2, 0.25) is 0 Å². The third kappa shape index (κ3) is 4.47. The summed E-state index contributed by atoms with van der Waals surface area (Å²) in [5.74, 6) is 2.45. The molecule has 1 spiro atoms. The van der Waals surface area contributed by atoms with E-state index in [9.17, 15) is 0 Å². The van der Waals surface area contributed by atoms with E-state index in [1.54, 1.807) is 0 Å². The minimum atomic E-state index is -0.634. The second-order valence-electron chi connectivity index (χ2n) is 17.0. The molecule has 4 heterocycles. The number of benzene rings is 6. The Labute approximate surface area is 340 Å². The Balaban J connectivity index is 1.18. The number of nitrogens with zero attached hydrogens (tertiary/aromatic N) is 6. The predicted molar refractivity (Wildman–Crippen MR) is 240 cm³/mol. The molecule has 11 rings (SSSR count).